The summed E-state index contributed by atoms with van der Waals surface area (Å²) in [7, 11) is 0. The second kappa shape index (κ2) is 35.1. The molecule has 0 spiro atoms. The maximum absolute atomic E-state index is 2.39. The van der Waals surface area contributed by atoms with Crippen LogP contribution >= 0.6 is 0 Å². The van der Waals surface area contributed by atoms with Crippen molar-refractivity contribution in [2.75, 3.05) is 0 Å². The number of unbranched alkanes of at least 4 members (excludes halogenated alkanes) is 21. The van der Waals surface area contributed by atoms with Crippen molar-refractivity contribution >= 4 is 0 Å². The molecule has 0 bridgehead atoms. The quantitative estimate of drug-likeness (QED) is 0.102. The van der Waals surface area contributed by atoms with Crippen LogP contribution in [0.1, 0.15) is 182 Å². The van der Waals surface area contributed by atoms with Crippen LogP contribution in [-0.2, 0) is 0 Å². The monoisotopic (exact) mass is 449 g/mol. The van der Waals surface area contributed by atoms with E-state index in [1.54, 1.807) is 0 Å². The Kier molecular flexibility index (Phi) is 36.9. The van der Waals surface area contributed by atoms with Crippen LogP contribution in [-0.4, -0.2) is 0 Å². The third-order valence-electron chi connectivity index (χ3n) is 6.33. The largest absolute Gasteiger partial charge is 0.0917 e. The summed E-state index contributed by atoms with van der Waals surface area (Å²) < 4.78 is 0. The molecule has 0 aliphatic rings. The van der Waals surface area contributed by atoms with Gasteiger partial charge in [-0.3, -0.25) is 0 Å². The maximum atomic E-state index is 2.39. The van der Waals surface area contributed by atoms with E-state index in [4.69, 9.17) is 0 Å². The molecule has 0 aromatic rings. The average molecular weight is 449 g/mol. The van der Waals surface area contributed by atoms with Crippen LogP contribution in [0.4, 0.5) is 0 Å². The van der Waals surface area contributed by atoms with Gasteiger partial charge in [-0.15, -0.1) is 0 Å². The molecule has 0 aromatic heterocycles. The van der Waals surface area contributed by atoms with Gasteiger partial charge in [0, 0.05) is 0 Å². The Morgan fingerprint density at radius 2 is 0.594 bits per heavy atom. The van der Waals surface area contributed by atoms with Gasteiger partial charge in [0.2, 0.25) is 0 Å². The predicted molar refractivity (Wildman–Crippen MR) is 152 cm³/mol. The van der Waals surface area contributed by atoms with Gasteiger partial charge < -0.3 is 0 Å². The summed E-state index contributed by atoms with van der Waals surface area (Å²) in [5, 5.41) is 0. The Hall–Kier alpha value is -0.520. The molecular weight excluding hydrogens is 384 g/mol. The lowest BCUT2D eigenvalue weighted by molar-refractivity contribution is 0.557. The molecule has 0 aliphatic heterocycles. The molecule has 32 heavy (non-hydrogen) atoms. The Morgan fingerprint density at radius 3 is 0.938 bits per heavy atom. The van der Waals surface area contributed by atoms with Crippen molar-refractivity contribution in [2.24, 2.45) is 0 Å². The first kappa shape index (κ1) is 33.7. The van der Waals surface area contributed by atoms with Gasteiger partial charge in [0.1, 0.15) is 0 Å². The van der Waals surface area contributed by atoms with Crippen molar-refractivity contribution in [3.8, 4) is 0 Å². The summed E-state index contributed by atoms with van der Waals surface area (Å²) in [4.78, 5) is 0. The summed E-state index contributed by atoms with van der Waals surface area (Å²) in [5.74, 6) is 0. The van der Waals surface area contributed by atoms with Gasteiger partial charge in [-0.05, 0) is 39.0 Å². The van der Waals surface area contributed by atoms with Gasteiger partial charge in [0.25, 0.3) is 0 Å². The van der Waals surface area contributed by atoms with Crippen molar-refractivity contribution in [1.82, 2.24) is 0 Å². The van der Waals surface area contributed by atoms with Crippen LogP contribution in [0.2, 0.25) is 0 Å². The number of hydrogen-bond acceptors (Lipinski definition) is 0. The molecule has 0 saturated heterocycles. The highest BCUT2D eigenvalue weighted by atomic mass is 14.0. The van der Waals surface area contributed by atoms with Crippen molar-refractivity contribution in [1.29, 1.82) is 0 Å². The third kappa shape index (κ3) is 36.8. The second-order valence-electron chi connectivity index (χ2n) is 9.77. The van der Waals surface area contributed by atoms with Gasteiger partial charge >= 0.3 is 0 Å². The van der Waals surface area contributed by atoms with Crippen molar-refractivity contribution in [3.05, 3.63) is 24.3 Å². The van der Waals surface area contributed by atoms with E-state index in [1.807, 2.05) is 0 Å². The van der Waals surface area contributed by atoms with Crippen LogP contribution < -0.4 is 0 Å². The van der Waals surface area contributed by atoms with Crippen LogP contribution in [0.3, 0.4) is 0 Å². The Labute approximate surface area is 206 Å². The maximum Gasteiger partial charge on any atom is -0.0351 e. The first-order valence-electron chi connectivity index (χ1n) is 15.1. The molecular formula is C32H64. The molecule has 0 aromatic carbocycles. The second-order valence-corrected chi connectivity index (χ2v) is 9.77. The smallest absolute Gasteiger partial charge is 0.0351 e. The van der Waals surface area contributed by atoms with Gasteiger partial charge in [-0.1, -0.05) is 167 Å². The first-order valence-corrected chi connectivity index (χ1v) is 15.1. The highest BCUT2D eigenvalue weighted by Gasteiger charge is 1.92. The van der Waals surface area contributed by atoms with E-state index in [0.29, 0.717) is 0 Å². The van der Waals surface area contributed by atoms with Gasteiger partial charge in [0.05, 0.1) is 0 Å². The highest BCUT2D eigenvalue weighted by molar-refractivity contribution is 4.81. The minimum atomic E-state index is 1.28. The van der Waals surface area contributed by atoms with Crippen LogP contribution in [0.5, 0.6) is 0 Å². The molecule has 0 unspecified atom stereocenters. The van der Waals surface area contributed by atoms with E-state index in [1.165, 1.54) is 154 Å². The summed E-state index contributed by atoms with van der Waals surface area (Å²) in [6.07, 6.45) is 43.1. The molecule has 0 rings (SSSR count). The molecule has 0 atom stereocenters. The number of rotatable bonds is 24. The number of allylic oxidation sites excluding steroid dienone is 4. The van der Waals surface area contributed by atoms with E-state index < -0.39 is 0 Å². The lowest BCUT2D eigenvalue weighted by Gasteiger charge is -2.01. The normalized spacial score (nSPS) is 11.4. The third-order valence-corrected chi connectivity index (χ3v) is 6.33. The van der Waals surface area contributed by atoms with Gasteiger partial charge in [-0.2, -0.15) is 0 Å². The Bertz CT molecular complexity index is 338. The molecule has 0 fully saturated rings. The Morgan fingerprint density at radius 1 is 0.312 bits per heavy atom. The molecule has 0 aliphatic carbocycles. The van der Waals surface area contributed by atoms with E-state index in [0.717, 1.165) is 0 Å². The molecule has 0 heteroatoms. The van der Waals surface area contributed by atoms with Crippen molar-refractivity contribution in [3.63, 3.8) is 0 Å². The summed E-state index contributed by atoms with van der Waals surface area (Å²) in [6, 6.07) is 0. The zero-order valence-electron chi connectivity index (χ0n) is 23.3. The lowest BCUT2D eigenvalue weighted by atomic mass is 10.1. The zero-order valence-corrected chi connectivity index (χ0v) is 23.3. The molecule has 0 saturated carbocycles. The van der Waals surface area contributed by atoms with E-state index in [9.17, 15) is 0 Å². The number of hydrogen-bond donors (Lipinski definition) is 0. The zero-order chi connectivity index (χ0) is 23.8. The summed E-state index contributed by atoms with van der Waals surface area (Å²) in [5.41, 5.74) is 0. The minimum Gasteiger partial charge on any atom is -0.0917 e. The molecule has 192 valence electrons. The van der Waals surface area contributed by atoms with Crippen molar-refractivity contribution in [2.45, 2.75) is 182 Å². The fourth-order valence-electron chi connectivity index (χ4n) is 4.05. The Balaban J connectivity index is 0. The topological polar surface area (TPSA) is 0 Å². The highest BCUT2D eigenvalue weighted by Crippen LogP contribution is 2.12. The van der Waals surface area contributed by atoms with Gasteiger partial charge in [-0.25, -0.2) is 0 Å². The summed E-state index contributed by atoms with van der Waals surface area (Å²) in [6.45, 7) is 8.93. The lowest BCUT2D eigenvalue weighted by Crippen LogP contribution is -1.81. The SMILES string of the molecule is C/C=C/CCCCCCCCCCC.CCCC/C=C/CCCCCCCCCCCC. The minimum absolute atomic E-state index is 1.28. The predicted octanol–water partition coefficient (Wildman–Crippen LogP) is 12.5. The summed E-state index contributed by atoms with van der Waals surface area (Å²) >= 11 is 0. The van der Waals surface area contributed by atoms with E-state index >= 15 is 0 Å². The fraction of sp³-hybridized carbons (Fsp3) is 0.875. The molecule has 0 N–H and O–H groups in total. The molecule has 0 nitrogen and oxygen atoms in total. The molecule has 0 amide bonds. The average Bonchev–Trinajstić information content (AvgIpc) is 2.81. The van der Waals surface area contributed by atoms with Crippen LogP contribution in [0.15, 0.2) is 24.3 Å². The molecule has 0 radical (unpaired) electrons. The van der Waals surface area contributed by atoms with Crippen LogP contribution in [0.25, 0.3) is 0 Å². The van der Waals surface area contributed by atoms with Crippen LogP contribution in [0, 0.1) is 0 Å². The molecule has 0 heterocycles. The first-order chi connectivity index (χ1) is 15.8. The van der Waals surface area contributed by atoms with Crippen molar-refractivity contribution < 1.29 is 0 Å². The standard InChI is InChI=1S/C18H36.C14H28/c1-3-5-7-9-11-13-15-17-18-16-14-12-10-8-6-4-2;1-3-5-7-9-11-13-14-12-10-8-6-4-2/h9,11H,3-8,10,12-18H2,1-2H3;3,5H,4,6-14H2,1-2H3/b11-9+;5-3+. The van der Waals surface area contributed by atoms with E-state index in [2.05, 4.69) is 52.0 Å². The van der Waals surface area contributed by atoms with Gasteiger partial charge in [0.15, 0.2) is 0 Å². The fourth-order valence-corrected chi connectivity index (χ4v) is 4.05. The van der Waals surface area contributed by atoms with E-state index in [-0.39, 0.29) is 0 Å².